The molecule has 1 amide bonds. The highest BCUT2D eigenvalue weighted by Crippen LogP contribution is 2.21. The Balaban J connectivity index is 2.02. The molecule has 1 aliphatic rings. The lowest BCUT2D eigenvalue weighted by Gasteiger charge is -2.24. The van der Waals surface area contributed by atoms with Gasteiger partial charge in [0.15, 0.2) is 0 Å². The number of hydrogen-bond donors (Lipinski definition) is 2. The minimum Gasteiger partial charge on any atom is -0.353 e. The number of rotatable bonds is 1. The van der Waals surface area contributed by atoms with Gasteiger partial charge in [0.05, 0.1) is 0 Å². The molecule has 3 heteroatoms. The minimum atomic E-state index is -0.214. The number of carbonyl (C=O) groups excluding carboxylic acids is 1. The zero-order valence-corrected chi connectivity index (χ0v) is 9.44. The van der Waals surface area contributed by atoms with Gasteiger partial charge in [0, 0.05) is 13.1 Å². The van der Waals surface area contributed by atoms with E-state index in [4.69, 9.17) is 0 Å². The molecule has 86 valence electrons. The monoisotopic (exact) mass is 226 g/mol. The van der Waals surface area contributed by atoms with Crippen molar-refractivity contribution in [1.29, 1.82) is 0 Å². The number of carbonyl (C=O) groups is 1. The Morgan fingerprint density at radius 1 is 1.00 bits per heavy atom. The first-order chi connectivity index (χ1) is 8.34. The lowest BCUT2D eigenvalue weighted by molar-refractivity contribution is -0.124. The van der Waals surface area contributed by atoms with E-state index in [2.05, 4.69) is 34.9 Å². The quantitative estimate of drug-likeness (QED) is 0.775. The van der Waals surface area contributed by atoms with E-state index >= 15 is 0 Å². The van der Waals surface area contributed by atoms with E-state index in [1.807, 2.05) is 18.2 Å². The Hall–Kier alpha value is -1.87. The van der Waals surface area contributed by atoms with Gasteiger partial charge in [-0.2, -0.15) is 0 Å². The molecule has 0 spiro atoms. The topological polar surface area (TPSA) is 41.1 Å². The number of benzene rings is 2. The summed E-state index contributed by atoms with van der Waals surface area (Å²) in [6, 6.07) is 14.1. The number of amides is 1. The van der Waals surface area contributed by atoms with E-state index < -0.39 is 0 Å². The van der Waals surface area contributed by atoms with Crippen LogP contribution >= 0.6 is 0 Å². The first-order valence-electron chi connectivity index (χ1n) is 5.84. The molecule has 0 radical (unpaired) electrons. The van der Waals surface area contributed by atoms with Gasteiger partial charge < -0.3 is 10.6 Å². The predicted octanol–water partition coefficient (Wildman–Crippen LogP) is 1.60. The van der Waals surface area contributed by atoms with Crippen molar-refractivity contribution in [2.24, 2.45) is 0 Å². The van der Waals surface area contributed by atoms with Crippen molar-refractivity contribution in [2.45, 2.75) is 6.04 Å². The number of hydrogen-bond acceptors (Lipinski definition) is 2. The standard InChI is InChI=1S/C14H14N2O/c17-14-13(15-7-8-16-14)12-6-5-10-3-1-2-4-11(10)9-12/h1-6,9,13,15H,7-8H2,(H,16,17). The van der Waals surface area contributed by atoms with Crippen LogP contribution in [0.1, 0.15) is 11.6 Å². The fourth-order valence-electron chi connectivity index (χ4n) is 2.25. The molecular formula is C14H14N2O. The molecule has 0 bridgehead atoms. The molecule has 1 atom stereocenters. The average Bonchev–Trinajstić information content (AvgIpc) is 2.39. The van der Waals surface area contributed by atoms with E-state index in [-0.39, 0.29) is 11.9 Å². The molecule has 1 unspecified atom stereocenters. The Bertz CT molecular complexity index is 565. The molecular weight excluding hydrogens is 212 g/mol. The van der Waals surface area contributed by atoms with E-state index in [0.717, 1.165) is 12.1 Å². The molecule has 1 aliphatic heterocycles. The maximum atomic E-state index is 11.8. The van der Waals surface area contributed by atoms with Gasteiger partial charge in [-0.05, 0) is 22.4 Å². The Kier molecular flexibility index (Phi) is 2.53. The lowest BCUT2D eigenvalue weighted by atomic mass is 10.0. The van der Waals surface area contributed by atoms with Crippen LogP contribution < -0.4 is 10.6 Å². The van der Waals surface area contributed by atoms with Crippen molar-refractivity contribution in [1.82, 2.24) is 10.6 Å². The smallest absolute Gasteiger partial charge is 0.241 e. The normalized spacial score (nSPS) is 20.2. The molecule has 2 N–H and O–H groups in total. The molecule has 2 aromatic rings. The highest BCUT2D eigenvalue weighted by molar-refractivity contribution is 5.87. The van der Waals surface area contributed by atoms with Gasteiger partial charge in [0.25, 0.3) is 0 Å². The van der Waals surface area contributed by atoms with Crippen LogP contribution in [0.15, 0.2) is 42.5 Å². The third-order valence-corrected chi connectivity index (χ3v) is 3.14. The summed E-state index contributed by atoms with van der Waals surface area (Å²) >= 11 is 0. The number of nitrogens with one attached hydrogen (secondary N) is 2. The van der Waals surface area contributed by atoms with Gasteiger partial charge >= 0.3 is 0 Å². The molecule has 1 fully saturated rings. The van der Waals surface area contributed by atoms with Crippen molar-refractivity contribution in [3.63, 3.8) is 0 Å². The average molecular weight is 226 g/mol. The summed E-state index contributed by atoms with van der Waals surface area (Å²) in [5.74, 6) is 0.0616. The fourth-order valence-corrected chi connectivity index (χ4v) is 2.25. The fraction of sp³-hybridized carbons (Fsp3) is 0.214. The van der Waals surface area contributed by atoms with Crippen LogP contribution in [0.4, 0.5) is 0 Å². The minimum absolute atomic E-state index is 0.0616. The largest absolute Gasteiger partial charge is 0.353 e. The molecule has 2 aromatic carbocycles. The van der Waals surface area contributed by atoms with Gasteiger partial charge in [-0.25, -0.2) is 0 Å². The molecule has 3 nitrogen and oxygen atoms in total. The molecule has 1 saturated heterocycles. The van der Waals surface area contributed by atoms with E-state index in [1.54, 1.807) is 0 Å². The first kappa shape index (κ1) is 10.3. The van der Waals surface area contributed by atoms with Gasteiger partial charge in [0.1, 0.15) is 6.04 Å². The summed E-state index contributed by atoms with van der Waals surface area (Å²) in [4.78, 5) is 11.8. The number of fused-ring (bicyclic) bond motifs is 1. The van der Waals surface area contributed by atoms with E-state index in [9.17, 15) is 4.79 Å². The van der Waals surface area contributed by atoms with E-state index in [1.165, 1.54) is 10.8 Å². The predicted molar refractivity (Wildman–Crippen MR) is 67.7 cm³/mol. The van der Waals surface area contributed by atoms with Gasteiger partial charge in [-0.1, -0.05) is 36.4 Å². The van der Waals surface area contributed by atoms with Gasteiger partial charge in [-0.15, -0.1) is 0 Å². The SMILES string of the molecule is O=C1NCCNC1c1ccc2ccccc2c1. The van der Waals surface area contributed by atoms with Crippen LogP contribution in [0, 0.1) is 0 Å². The molecule has 0 saturated carbocycles. The van der Waals surface area contributed by atoms with E-state index in [0.29, 0.717) is 6.54 Å². The van der Waals surface area contributed by atoms with Crippen LogP contribution in [0.25, 0.3) is 10.8 Å². The van der Waals surface area contributed by atoms with Crippen LogP contribution in [0.2, 0.25) is 0 Å². The summed E-state index contributed by atoms with van der Waals surface area (Å²) in [6.45, 7) is 1.53. The Morgan fingerprint density at radius 2 is 1.82 bits per heavy atom. The maximum Gasteiger partial charge on any atom is 0.241 e. The molecule has 17 heavy (non-hydrogen) atoms. The maximum absolute atomic E-state index is 11.8. The third-order valence-electron chi connectivity index (χ3n) is 3.14. The third kappa shape index (κ3) is 1.89. The highest BCUT2D eigenvalue weighted by Gasteiger charge is 2.22. The zero-order valence-electron chi connectivity index (χ0n) is 9.44. The van der Waals surface area contributed by atoms with Crippen molar-refractivity contribution in [3.8, 4) is 0 Å². The highest BCUT2D eigenvalue weighted by atomic mass is 16.2. The summed E-state index contributed by atoms with van der Waals surface area (Å²) in [5, 5.41) is 8.49. The van der Waals surface area contributed by atoms with Crippen molar-refractivity contribution < 1.29 is 4.79 Å². The Morgan fingerprint density at radius 3 is 2.65 bits per heavy atom. The van der Waals surface area contributed by atoms with Gasteiger partial charge in [0.2, 0.25) is 5.91 Å². The van der Waals surface area contributed by atoms with Crippen molar-refractivity contribution in [3.05, 3.63) is 48.0 Å². The van der Waals surface area contributed by atoms with Gasteiger partial charge in [-0.3, -0.25) is 4.79 Å². The molecule has 0 aromatic heterocycles. The summed E-state index contributed by atoms with van der Waals surface area (Å²) in [7, 11) is 0. The van der Waals surface area contributed by atoms with Crippen LogP contribution in [0.5, 0.6) is 0 Å². The van der Waals surface area contributed by atoms with Crippen LogP contribution in [-0.2, 0) is 4.79 Å². The second kappa shape index (κ2) is 4.18. The molecule has 3 rings (SSSR count). The zero-order chi connectivity index (χ0) is 11.7. The van der Waals surface area contributed by atoms with Crippen LogP contribution in [0.3, 0.4) is 0 Å². The summed E-state index contributed by atoms with van der Waals surface area (Å²) < 4.78 is 0. The molecule has 1 heterocycles. The molecule has 0 aliphatic carbocycles. The first-order valence-corrected chi connectivity index (χ1v) is 5.84. The van der Waals surface area contributed by atoms with Crippen molar-refractivity contribution >= 4 is 16.7 Å². The Labute approximate surface area is 99.8 Å². The second-order valence-electron chi connectivity index (χ2n) is 4.28. The number of piperazine rings is 1. The summed E-state index contributed by atoms with van der Waals surface area (Å²) in [5.41, 5.74) is 1.03. The van der Waals surface area contributed by atoms with Crippen LogP contribution in [-0.4, -0.2) is 19.0 Å². The second-order valence-corrected chi connectivity index (χ2v) is 4.28. The van der Waals surface area contributed by atoms with Crippen molar-refractivity contribution in [2.75, 3.05) is 13.1 Å². The lowest BCUT2D eigenvalue weighted by Crippen LogP contribution is -2.47. The summed E-state index contributed by atoms with van der Waals surface area (Å²) in [6.07, 6.45) is 0.